The van der Waals surface area contributed by atoms with Crippen LogP contribution < -0.4 is 10.1 Å². The lowest BCUT2D eigenvalue weighted by molar-refractivity contribution is 0.0698. The molecule has 3 aromatic carbocycles. The summed E-state index contributed by atoms with van der Waals surface area (Å²) in [6, 6.07) is 18.7. The molecule has 150 valence electrons. The molecular formula is C21H15BrN4O4. The Morgan fingerprint density at radius 1 is 1.07 bits per heavy atom. The van der Waals surface area contributed by atoms with Gasteiger partial charge in [-0.15, -0.1) is 5.10 Å². The van der Waals surface area contributed by atoms with Crippen molar-refractivity contribution < 1.29 is 19.4 Å². The third-order valence-electron chi connectivity index (χ3n) is 4.33. The zero-order valence-electron chi connectivity index (χ0n) is 15.4. The van der Waals surface area contributed by atoms with Gasteiger partial charge in [0.25, 0.3) is 5.91 Å². The van der Waals surface area contributed by atoms with E-state index in [0.717, 1.165) is 11.0 Å². The number of para-hydroxylation sites is 1. The van der Waals surface area contributed by atoms with Crippen LogP contribution in [0.3, 0.4) is 0 Å². The molecule has 0 aliphatic rings. The van der Waals surface area contributed by atoms with E-state index in [0.29, 0.717) is 15.8 Å². The fourth-order valence-corrected chi connectivity index (χ4v) is 3.23. The minimum atomic E-state index is -1.14. The second kappa shape index (κ2) is 8.34. The third-order valence-corrected chi connectivity index (χ3v) is 4.82. The van der Waals surface area contributed by atoms with Crippen molar-refractivity contribution in [2.75, 3.05) is 5.32 Å². The first-order valence-corrected chi connectivity index (χ1v) is 9.66. The van der Waals surface area contributed by atoms with Crippen molar-refractivity contribution in [3.63, 3.8) is 0 Å². The Morgan fingerprint density at radius 2 is 1.90 bits per heavy atom. The second-order valence-electron chi connectivity index (χ2n) is 6.33. The first-order chi connectivity index (χ1) is 14.5. The number of hydrogen-bond acceptors (Lipinski definition) is 5. The predicted octanol–water partition coefficient (Wildman–Crippen LogP) is 4.18. The number of rotatable bonds is 6. The standard InChI is InChI=1S/C21H15BrN4O4/c22-14-8-9-17(16(11-14)21(28)29)23-20(27)13-4-3-5-15(10-13)30-12-26-19-7-2-1-6-18(19)24-25-26/h1-11H,12H2,(H,23,27)(H,28,29). The number of nitrogens with one attached hydrogen (secondary N) is 1. The van der Waals surface area contributed by atoms with E-state index in [2.05, 4.69) is 31.6 Å². The number of carbonyl (C=O) groups excluding carboxylic acids is 1. The van der Waals surface area contributed by atoms with Crippen molar-refractivity contribution in [1.82, 2.24) is 15.0 Å². The fourth-order valence-electron chi connectivity index (χ4n) is 2.87. The lowest BCUT2D eigenvalue weighted by Gasteiger charge is -2.11. The average Bonchev–Trinajstić information content (AvgIpc) is 3.16. The molecule has 0 radical (unpaired) electrons. The highest BCUT2D eigenvalue weighted by Gasteiger charge is 2.15. The van der Waals surface area contributed by atoms with E-state index in [-0.39, 0.29) is 18.0 Å². The number of ether oxygens (including phenoxy) is 1. The normalized spacial score (nSPS) is 10.7. The van der Waals surface area contributed by atoms with E-state index >= 15 is 0 Å². The van der Waals surface area contributed by atoms with Crippen LogP contribution in [-0.4, -0.2) is 32.0 Å². The molecule has 0 saturated heterocycles. The van der Waals surface area contributed by atoms with E-state index in [1.165, 1.54) is 12.1 Å². The Bertz CT molecular complexity index is 1250. The largest absolute Gasteiger partial charge is 0.478 e. The van der Waals surface area contributed by atoms with Gasteiger partial charge in [-0.1, -0.05) is 39.3 Å². The number of hydrogen-bond donors (Lipinski definition) is 2. The van der Waals surface area contributed by atoms with Crippen LogP contribution in [0.15, 0.2) is 71.2 Å². The molecule has 0 saturated carbocycles. The topological polar surface area (TPSA) is 106 Å². The molecule has 1 amide bonds. The molecule has 0 aliphatic heterocycles. The van der Waals surface area contributed by atoms with Crippen LogP contribution in [0.1, 0.15) is 20.7 Å². The molecule has 1 aromatic heterocycles. The summed E-state index contributed by atoms with van der Waals surface area (Å²) in [5.74, 6) is -1.11. The highest BCUT2D eigenvalue weighted by molar-refractivity contribution is 9.10. The smallest absolute Gasteiger partial charge is 0.337 e. The zero-order chi connectivity index (χ0) is 21.1. The molecule has 1 heterocycles. The summed E-state index contributed by atoms with van der Waals surface area (Å²) in [5.41, 5.74) is 2.12. The van der Waals surface area contributed by atoms with Crippen LogP contribution in [-0.2, 0) is 6.73 Å². The maximum atomic E-state index is 12.6. The summed E-state index contributed by atoms with van der Waals surface area (Å²) in [5, 5.41) is 20.1. The Hall–Kier alpha value is -3.72. The van der Waals surface area contributed by atoms with Gasteiger partial charge in [-0.3, -0.25) is 4.79 Å². The molecule has 4 aromatic rings. The zero-order valence-corrected chi connectivity index (χ0v) is 17.0. The maximum Gasteiger partial charge on any atom is 0.337 e. The number of aromatic nitrogens is 3. The molecule has 0 spiro atoms. The number of nitrogens with zero attached hydrogens (tertiary/aromatic N) is 3. The molecule has 0 unspecified atom stereocenters. The van der Waals surface area contributed by atoms with Gasteiger partial charge in [-0.05, 0) is 48.5 Å². The Morgan fingerprint density at radius 3 is 2.73 bits per heavy atom. The summed E-state index contributed by atoms with van der Waals surface area (Å²) in [6.07, 6.45) is 0. The van der Waals surface area contributed by atoms with Crippen LogP contribution >= 0.6 is 15.9 Å². The highest BCUT2D eigenvalue weighted by Crippen LogP contribution is 2.23. The van der Waals surface area contributed by atoms with Crippen molar-refractivity contribution in [3.05, 3.63) is 82.3 Å². The highest BCUT2D eigenvalue weighted by atomic mass is 79.9. The molecule has 0 fully saturated rings. The third kappa shape index (κ3) is 4.15. The van der Waals surface area contributed by atoms with E-state index in [4.69, 9.17) is 4.74 Å². The Kier molecular flexibility index (Phi) is 5.44. The number of aromatic carboxylic acids is 1. The van der Waals surface area contributed by atoms with Crippen LogP contribution in [0, 0.1) is 0 Å². The van der Waals surface area contributed by atoms with Crippen LogP contribution in [0.25, 0.3) is 11.0 Å². The van der Waals surface area contributed by atoms with Gasteiger partial charge in [0, 0.05) is 10.0 Å². The van der Waals surface area contributed by atoms with E-state index in [1.807, 2.05) is 24.3 Å². The molecular weight excluding hydrogens is 452 g/mol. The van der Waals surface area contributed by atoms with Crippen molar-refractivity contribution in [2.24, 2.45) is 0 Å². The lowest BCUT2D eigenvalue weighted by Crippen LogP contribution is -2.15. The monoisotopic (exact) mass is 466 g/mol. The molecule has 30 heavy (non-hydrogen) atoms. The van der Waals surface area contributed by atoms with E-state index < -0.39 is 11.9 Å². The minimum absolute atomic E-state index is 0.0109. The number of halogens is 1. The number of anilines is 1. The SMILES string of the molecule is O=C(Nc1ccc(Br)cc1C(=O)O)c1cccc(OCn2nnc3ccccc32)c1. The number of carboxylic acid groups (broad SMARTS) is 1. The summed E-state index contributed by atoms with van der Waals surface area (Å²) in [4.78, 5) is 24.1. The van der Waals surface area contributed by atoms with Gasteiger partial charge in [0.1, 0.15) is 11.3 Å². The number of amides is 1. The van der Waals surface area contributed by atoms with Crippen LogP contribution in [0.2, 0.25) is 0 Å². The van der Waals surface area contributed by atoms with Crippen LogP contribution in [0.4, 0.5) is 5.69 Å². The molecule has 4 rings (SSSR count). The number of carbonyl (C=O) groups is 2. The number of carboxylic acids is 1. The van der Waals surface area contributed by atoms with Gasteiger partial charge in [0.2, 0.25) is 0 Å². The van der Waals surface area contributed by atoms with Gasteiger partial charge >= 0.3 is 5.97 Å². The van der Waals surface area contributed by atoms with Crippen LogP contribution in [0.5, 0.6) is 5.75 Å². The van der Waals surface area contributed by atoms with Crippen molar-refractivity contribution in [2.45, 2.75) is 6.73 Å². The van der Waals surface area contributed by atoms with Crippen molar-refractivity contribution in [3.8, 4) is 5.75 Å². The fraction of sp³-hybridized carbons (Fsp3) is 0.0476. The molecule has 0 atom stereocenters. The van der Waals surface area contributed by atoms with Gasteiger partial charge in [0.15, 0.2) is 6.73 Å². The van der Waals surface area contributed by atoms with E-state index in [1.54, 1.807) is 35.0 Å². The Labute approximate surface area is 179 Å². The molecule has 9 heteroatoms. The minimum Gasteiger partial charge on any atom is -0.478 e. The van der Waals surface area contributed by atoms with E-state index in [9.17, 15) is 14.7 Å². The van der Waals surface area contributed by atoms with Crippen molar-refractivity contribution >= 4 is 44.5 Å². The van der Waals surface area contributed by atoms with Gasteiger partial charge < -0.3 is 15.2 Å². The average molecular weight is 467 g/mol. The molecule has 8 nitrogen and oxygen atoms in total. The quantitative estimate of drug-likeness (QED) is 0.441. The second-order valence-corrected chi connectivity index (χ2v) is 7.24. The summed E-state index contributed by atoms with van der Waals surface area (Å²) < 4.78 is 7.98. The predicted molar refractivity (Wildman–Crippen MR) is 114 cm³/mol. The molecule has 0 aliphatic carbocycles. The first-order valence-electron chi connectivity index (χ1n) is 8.86. The summed E-state index contributed by atoms with van der Waals surface area (Å²) >= 11 is 3.23. The van der Waals surface area contributed by atoms with Gasteiger partial charge in [0.05, 0.1) is 16.8 Å². The summed E-state index contributed by atoms with van der Waals surface area (Å²) in [7, 11) is 0. The Balaban J connectivity index is 1.49. The van der Waals surface area contributed by atoms with Gasteiger partial charge in [-0.25, -0.2) is 9.48 Å². The van der Waals surface area contributed by atoms with Crippen molar-refractivity contribution in [1.29, 1.82) is 0 Å². The molecule has 0 bridgehead atoms. The summed E-state index contributed by atoms with van der Waals surface area (Å²) in [6.45, 7) is 0.126. The lowest BCUT2D eigenvalue weighted by atomic mass is 10.1. The number of benzene rings is 3. The first kappa shape index (κ1) is 19.6. The molecule has 2 N–H and O–H groups in total. The number of fused-ring (bicyclic) bond motifs is 1. The maximum absolute atomic E-state index is 12.6. The van der Waals surface area contributed by atoms with Gasteiger partial charge in [-0.2, -0.15) is 0 Å².